The molecule has 0 aliphatic rings. The smallest absolute Gasteiger partial charge is 0.310 e. The Bertz CT molecular complexity index is 1010. The van der Waals surface area contributed by atoms with Crippen LogP contribution in [0.1, 0.15) is 38.4 Å². The van der Waals surface area contributed by atoms with Gasteiger partial charge in [0.1, 0.15) is 6.33 Å². The van der Waals surface area contributed by atoms with Crippen LogP contribution in [0.25, 0.3) is 5.78 Å². The number of rotatable bonds is 5. The maximum atomic E-state index is 12.2. The summed E-state index contributed by atoms with van der Waals surface area (Å²) in [6.07, 6.45) is 1.44. The summed E-state index contributed by atoms with van der Waals surface area (Å²) in [6, 6.07) is 5.44. The van der Waals surface area contributed by atoms with Crippen LogP contribution in [0.4, 0.5) is 0 Å². The Morgan fingerprint density at radius 2 is 1.88 bits per heavy atom. The van der Waals surface area contributed by atoms with E-state index in [0.717, 1.165) is 22.4 Å². The Morgan fingerprint density at radius 3 is 2.62 bits per heavy atom. The summed E-state index contributed by atoms with van der Waals surface area (Å²) >= 11 is 0. The Labute approximate surface area is 151 Å². The van der Waals surface area contributed by atoms with Gasteiger partial charge in [-0.1, -0.05) is 12.1 Å². The van der Waals surface area contributed by atoms with E-state index in [-0.39, 0.29) is 18.8 Å². The second-order valence-corrected chi connectivity index (χ2v) is 6.29. The predicted octanol–water partition coefficient (Wildman–Crippen LogP) is 2.33. The number of esters is 1. The molecule has 0 N–H and O–H groups in total. The Hall–Kier alpha value is -3.09. The fraction of sp³-hybridized carbons (Fsp3) is 0.316. The van der Waals surface area contributed by atoms with Gasteiger partial charge in [0.15, 0.2) is 12.4 Å². The van der Waals surface area contributed by atoms with E-state index in [0.29, 0.717) is 17.0 Å². The molecule has 3 rings (SSSR count). The van der Waals surface area contributed by atoms with Crippen LogP contribution < -0.4 is 0 Å². The van der Waals surface area contributed by atoms with Crippen molar-refractivity contribution < 1.29 is 14.3 Å². The molecule has 0 aliphatic carbocycles. The van der Waals surface area contributed by atoms with Gasteiger partial charge in [0.25, 0.3) is 5.78 Å². The monoisotopic (exact) mass is 352 g/mol. The van der Waals surface area contributed by atoms with Crippen molar-refractivity contribution in [2.24, 2.45) is 0 Å². The van der Waals surface area contributed by atoms with E-state index in [2.05, 4.69) is 15.1 Å². The number of nitrogens with zero attached hydrogens (tertiary/aromatic N) is 4. The van der Waals surface area contributed by atoms with Crippen molar-refractivity contribution in [1.29, 1.82) is 0 Å². The minimum Gasteiger partial charge on any atom is -0.457 e. The molecule has 0 fully saturated rings. The van der Waals surface area contributed by atoms with Crippen molar-refractivity contribution >= 4 is 17.5 Å². The van der Waals surface area contributed by atoms with E-state index in [1.54, 1.807) is 10.6 Å². The van der Waals surface area contributed by atoms with Crippen LogP contribution >= 0.6 is 0 Å². The first-order valence-electron chi connectivity index (χ1n) is 8.28. The number of ether oxygens (including phenoxy) is 1. The summed E-state index contributed by atoms with van der Waals surface area (Å²) in [4.78, 5) is 32.8. The van der Waals surface area contributed by atoms with Gasteiger partial charge in [-0.15, -0.1) is 0 Å². The van der Waals surface area contributed by atoms with Gasteiger partial charge < -0.3 is 4.74 Å². The van der Waals surface area contributed by atoms with E-state index >= 15 is 0 Å². The van der Waals surface area contributed by atoms with E-state index < -0.39 is 5.97 Å². The number of aryl methyl sites for hydroxylation is 4. The average Bonchev–Trinajstić information content (AvgIpc) is 3.07. The number of aromatic nitrogens is 4. The number of hydrogen-bond donors (Lipinski definition) is 0. The van der Waals surface area contributed by atoms with E-state index in [1.165, 1.54) is 6.33 Å². The minimum absolute atomic E-state index is 0.0284. The van der Waals surface area contributed by atoms with Gasteiger partial charge in [-0.2, -0.15) is 10.1 Å². The van der Waals surface area contributed by atoms with Gasteiger partial charge in [0, 0.05) is 22.5 Å². The van der Waals surface area contributed by atoms with Crippen molar-refractivity contribution in [1.82, 2.24) is 19.6 Å². The van der Waals surface area contributed by atoms with Crippen LogP contribution in [0.15, 0.2) is 24.5 Å². The minimum atomic E-state index is -0.477. The molecule has 0 saturated heterocycles. The highest BCUT2D eigenvalue weighted by atomic mass is 16.5. The van der Waals surface area contributed by atoms with Crippen molar-refractivity contribution in [3.63, 3.8) is 0 Å². The van der Waals surface area contributed by atoms with Gasteiger partial charge in [-0.3, -0.25) is 9.59 Å². The highest BCUT2D eigenvalue weighted by Crippen LogP contribution is 2.15. The first kappa shape index (κ1) is 17.7. The second kappa shape index (κ2) is 7.03. The van der Waals surface area contributed by atoms with Crippen LogP contribution in [0.5, 0.6) is 0 Å². The summed E-state index contributed by atoms with van der Waals surface area (Å²) in [7, 11) is 0. The summed E-state index contributed by atoms with van der Waals surface area (Å²) in [5.74, 6) is -0.212. The molecule has 0 atom stereocenters. The first-order valence-corrected chi connectivity index (χ1v) is 8.28. The van der Waals surface area contributed by atoms with Crippen LogP contribution in [0.3, 0.4) is 0 Å². The largest absolute Gasteiger partial charge is 0.457 e. The zero-order valence-corrected chi connectivity index (χ0v) is 15.2. The second-order valence-electron chi connectivity index (χ2n) is 6.29. The summed E-state index contributed by atoms with van der Waals surface area (Å²) in [6.45, 7) is 7.30. The van der Waals surface area contributed by atoms with Crippen LogP contribution in [-0.4, -0.2) is 37.9 Å². The lowest BCUT2D eigenvalue weighted by atomic mass is 10.0. The fourth-order valence-electron chi connectivity index (χ4n) is 2.75. The van der Waals surface area contributed by atoms with Gasteiger partial charge in [0.05, 0.1) is 6.42 Å². The Morgan fingerprint density at radius 1 is 1.12 bits per heavy atom. The highest BCUT2D eigenvalue weighted by molar-refractivity contribution is 5.98. The summed E-state index contributed by atoms with van der Waals surface area (Å²) in [5, 5.41) is 4.09. The van der Waals surface area contributed by atoms with E-state index in [9.17, 15) is 9.59 Å². The fourth-order valence-corrected chi connectivity index (χ4v) is 2.75. The molecule has 0 amide bonds. The number of ketones is 1. The first-order chi connectivity index (χ1) is 12.4. The highest BCUT2D eigenvalue weighted by Gasteiger charge is 2.16. The van der Waals surface area contributed by atoms with E-state index in [4.69, 9.17) is 4.74 Å². The molecule has 7 heteroatoms. The Balaban J connectivity index is 1.67. The lowest BCUT2D eigenvalue weighted by Crippen LogP contribution is -2.18. The molecular weight excluding hydrogens is 332 g/mol. The summed E-state index contributed by atoms with van der Waals surface area (Å²) in [5.41, 5.74) is 4.88. The predicted molar refractivity (Wildman–Crippen MR) is 95.2 cm³/mol. The molecular formula is C19H20N4O3. The molecule has 2 heterocycles. The third-order valence-electron chi connectivity index (χ3n) is 4.50. The molecule has 2 aromatic heterocycles. The topological polar surface area (TPSA) is 86.5 Å². The maximum absolute atomic E-state index is 12.2. The van der Waals surface area contributed by atoms with Gasteiger partial charge >= 0.3 is 5.97 Å². The van der Waals surface area contributed by atoms with Gasteiger partial charge in [-0.05, 0) is 44.9 Å². The zero-order valence-electron chi connectivity index (χ0n) is 15.2. The molecule has 0 saturated carbocycles. The third-order valence-corrected chi connectivity index (χ3v) is 4.50. The molecule has 134 valence electrons. The van der Waals surface area contributed by atoms with Gasteiger partial charge in [-0.25, -0.2) is 9.50 Å². The number of benzene rings is 1. The standard InChI is InChI=1S/C19H20N4O3/c1-11-5-6-15(7-12(11)2)17(24)9-26-18(25)8-16-13(3)22-19-20-10-21-23(19)14(16)4/h5-7,10H,8-9H2,1-4H3. The average molecular weight is 352 g/mol. The number of Topliss-reactive ketones (excluding diaryl/α,β-unsaturated/α-hetero) is 1. The van der Waals surface area contributed by atoms with Crippen LogP contribution in [0.2, 0.25) is 0 Å². The lowest BCUT2D eigenvalue weighted by molar-refractivity contribution is -0.141. The summed E-state index contributed by atoms with van der Waals surface area (Å²) < 4.78 is 6.75. The molecule has 0 unspecified atom stereocenters. The Kier molecular flexibility index (Phi) is 4.79. The van der Waals surface area contributed by atoms with Crippen molar-refractivity contribution in [3.05, 3.63) is 58.2 Å². The molecule has 1 aromatic carbocycles. The maximum Gasteiger partial charge on any atom is 0.310 e. The molecule has 0 aliphatic heterocycles. The molecule has 26 heavy (non-hydrogen) atoms. The van der Waals surface area contributed by atoms with Crippen molar-refractivity contribution in [2.75, 3.05) is 6.61 Å². The number of carbonyl (C=O) groups excluding carboxylic acids is 2. The van der Waals surface area contributed by atoms with Crippen LogP contribution in [0, 0.1) is 27.7 Å². The van der Waals surface area contributed by atoms with E-state index in [1.807, 2.05) is 39.8 Å². The molecule has 0 bridgehead atoms. The number of carbonyl (C=O) groups is 2. The third kappa shape index (κ3) is 3.46. The lowest BCUT2D eigenvalue weighted by Gasteiger charge is -2.10. The van der Waals surface area contributed by atoms with Gasteiger partial charge in [0.2, 0.25) is 0 Å². The molecule has 7 nitrogen and oxygen atoms in total. The van der Waals surface area contributed by atoms with Crippen molar-refractivity contribution in [3.8, 4) is 0 Å². The number of hydrogen-bond acceptors (Lipinski definition) is 6. The SMILES string of the molecule is Cc1ccc(C(=O)COC(=O)Cc2c(C)nc3ncnn3c2C)cc1C. The number of fused-ring (bicyclic) bond motifs is 1. The normalized spacial score (nSPS) is 10.9. The zero-order chi connectivity index (χ0) is 18.8. The molecule has 0 radical (unpaired) electrons. The molecule has 0 spiro atoms. The van der Waals surface area contributed by atoms with Crippen molar-refractivity contribution in [2.45, 2.75) is 34.1 Å². The quantitative estimate of drug-likeness (QED) is 0.517. The molecule has 3 aromatic rings. The van der Waals surface area contributed by atoms with Crippen LogP contribution in [-0.2, 0) is 16.0 Å².